The van der Waals surface area contributed by atoms with Gasteiger partial charge >= 0.3 is 5.97 Å². The van der Waals surface area contributed by atoms with Crippen LogP contribution in [0, 0.1) is 5.82 Å². The maximum absolute atomic E-state index is 13.1. The zero-order chi connectivity index (χ0) is 16.7. The van der Waals surface area contributed by atoms with Crippen LogP contribution in [0.3, 0.4) is 0 Å². The van der Waals surface area contributed by atoms with Crippen LogP contribution in [0.2, 0.25) is 0 Å². The number of rotatable bonds is 7. The predicted octanol–water partition coefficient (Wildman–Crippen LogP) is 2.44. The third-order valence-corrected chi connectivity index (χ3v) is 3.21. The van der Waals surface area contributed by atoms with Crippen LogP contribution in [0.5, 0.6) is 0 Å². The van der Waals surface area contributed by atoms with Crippen molar-refractivity contribution >= 4 is 18.0 Å². The Labute approximate surface area is 134 Å². The Balaban J connectivity index is 2.19. The van der Waals surface area contributed by atoms with Crippen molar-refractivity contribution in [2.75, 3.05) is 6.54 Å². The van der Waals surface area contributed by atoms with E-state index in [1.54, 1.807) is 16.8 Å². The highest BCUT2D eigenvalue weighted by Gasteiger charge is 2.12. The fourth-order valence-electron chi connectivity index (χ4n) is 2.04. The average molecular weight is 316 g/mol. The van der Waals surface area contributed by atoms with Crippen LogP contribution in [0.15, 0.2) is 54.6 Å². The average Bonchev–Trinajstić information content (AvgIpc) is 2.55. The molecule has 2 aromatic carbocycles. The molecule has 0 bridgehead atoms. The Hall–Kier alpha value is -2.89. The SMILES string of the molecule is C[C@H](N[N+](=CNCC(=O)O)c1ccc(F)cc1)c1ccccc1. The van der Waals surface area contributed by atoms with E-state index in [2.05, 4.69) is 10.7 Å². The topological polar surface area (TPSA) is 64.4 Å². The summed E-state index contributed by atoms with van der Waals surface area (Å²) in [6.07, 6.45) is 1.51. The maximum Gasteiger partial charge on any atom is 0.345 e. The first kappa shape index (κ1) is 16.5. The first-order valence-electron chi connectivity index (χ1n) is 7.20. The second-order valence-corrected chi connectivity index (χ2v) is 5.01. The van der Waals surface area contributed by atoms with E-state index in [4.69, 9.17) is 5.11 Å². The maximum atomic E-state index is 13.1. The predicted molar refractivity (Wildman–Crippen MR) is 86.0 cm³/mol. The summed E-state index contributed by atoms with van der Waals surface area (Å²) in [5, 5.41) is 11.4. The van der Waals surface area contributed by atoms with Gasteiger partial charge in [0.2, 0.25) is 0 Å². The zero-order valence-corrected chi connectivity index (χ0v) is 12.7. The van der Waals surface area contributed by atoms with Gasteiger partial charge in [0.05, 0.1) is 6.04 Å². The van der Waals surface area contributed by atoms with Crippen molar-refractivity contribution < 1.29 is 19.0 Å². The van der Waals surface area contributed by atoms with Crippen molar-refractivity contribution in [1.82, 2.24) is 10.7 Å². The molecule has 23 heavy (non-hydrogen) atoms. The summed E-state index contributed by atoms with van der Waals surface area (Å²) in [4.78, 5) is 10.6. The molecular formula is C17H19FN3O2+. The van der Waals surface area contributed by atoms with E-state index in [0.29, 0.717) is 5.69 Å². The van der Waals surface area contributed by atoms with E-state index in [9.17, 15) is 9.18 Å². The van der Waals surface area contributed by atoms with Gasteiger partial charge in [0.15, 0.2) is 12.2 Å². The fraction of sp³-hybridized carbons (Fsp3) is 0.176. The minimum Gasteiger partial charge on any atom is -0.478 e. The van der Waals surface area contributed by atoms with Crippen LogP contribution in [-0.2, 0) is 4.79 Å². The van der Waals surface area contributed by atoms with E-state index in [1.165, 1.54) is 18.5 Å². The highest BCUT2D eigenvalue weighted by atomic mass is 19.1. The van der Waals surface area contributed by atoms with Gasteiger partial charge in [-0.2, -0.15) is 0 Å². The van der Waals surface area contributed by atoms with Crippen LogP contribution in [0.1, 0.15) is 18.5 Å². The molecule has 5 nitrogen and oxygen atoms in total. The van der Waals surface area contributed by atoms with Crippen molar-refractivity contribution in [2.24, 2.45) is 0 Å². The van der Waals surface area contributed by atoms with Crippen molar-refractivity contribution in [3.05, 3.63) is 66.0 Å². The van der Waals surface area contributed by atoms with Crippen LogP contribution in [0.4, 0.5) is 10.1 Å². The van der Waals surface area contributed by atoms with Gasteiger partial charge in [-0.05, 0) is 36.8 Å². The molecule has 3 N–H and O–H groups in total. The zero-order valence-electron chi connectivity index (χ0n) is 12.7. The fourth-order valence-corrected chi connectivity index (χ4v) is 2.04. The van der Waals surface area contributed by atoms with Crippen LogP contribution in [0.25, 0.3) is 0 Å². The molecular weight excluding hydrogens is 297 g/mol. The lowest BCUT2D eigenvalue weighted by Crippen LogP contribution is -2.34. The highest BCUT2D eigenvalue weighted by molar-refractivity contribution is 5.72. The summed E-state index contributed by atoms with van der Waals surface area (Å²) in [6.45, 7) is 1.77. The Bertz CT molecular complexity index is 672. The van der Waals surface area contributed by atoms with Crippen molar-refractivity contribution in [3.8, 4) is 0 Å². The van der Waals surface area contributed by atoms with Gasteiger partial charge in [0.1, 0.15) is 5.82 Å². The summed E-state index contributed by atoms with van der Waals surface area (Å²) in [5.41, 5.74) is 5.00. The lowest BCUT2D eigenvalue weighted by molar-refractivity contribution is -0.512. The van der Waals surface area contributed by atoms with Gasteiger partial charge < -0.3 is 5.11 Å². The molecule has 0 heterocycles. The molecule has 0 unspecified atom stereocenters. The molecule has 0 amide bonds. The second-order valence-electron chi connectivity index (χ2n) is 5.01. The Morgan fingerprint density at radius 3 is 2.48 bits per heavy atom. The Kier molecular flexibility index (Phi) is 5.68. The normalized spacial score (nSPS) is 12.5. The Morgan fingerprint density at radius 2 is 1.87 bits per heavy atom. The quantitative estimate of drug-likeness (QED) is 0.318. The van der Waals surface area contributed by atoms with E-state index in [-0.39, 0.29) is 18.4 Å². The number of carbonyl (C=O) groups is 1. The second kappa shape index (κ2) is 7.93. The number of hydrogen-bond donors (Lipinski definition) is 3. The van der Waals surface area contributed by atoms with Gasteiger partial charge in [-0.1, -0.05) is 30.3 Å². The molecule has 0 spiro atoms. The Morgan fingerprint density at radius 1 is 1.22 bits per heavy atom. The number of aliphatic carboxylic acids is 1. The largest absolute Gasteiger partial charge is 0.478 e. The van der Waals surface area contributed by atoms with Crippen molar-refractivity contribution in [2.45, 2.75) is 13.0 Å². The molecule has 1 atom stereocenters. The number of carboxylic acids is 1. The number of hydrazine groups is 1. The van der Waals surface area contributed by atoms with Crippen LogP contribution >= 0.6 is 0 Å². The van der Waals surface area contributed by atoms with E-state index >= 15 is 0 Å². The monoisotopic (exact) mass is 316 g/mol. The first-order chi connectivity index (χ1) is 11.1. The standard InChI is InChI=1S/C17H18FN3O2/c1-13(14-5-3-2-4-6-14)20-21(12-19-11-17(22)23)16-9-7-15(18)8-10-16/h2-10,12-13,20H,11H2,1H3,(H,22,23)/p+1/t13-/m0/s1. The summed E-state index contributed by atoms with van der Waals surface area (Å²) < 4.78 is 14.7. The van der Waals surface area contributed by atoms with E-state index in [1.807, 2.05) is 37.3 Å². The molecule has 120 valence electrons. The highest BCUT2D eigenvalue weighted by Crippen LogP contribution is 2.15. The lowest BCUT2D eigenvalue weighted by atomic mass is 10.1. The van der Waals surface area contributed by atoms with E-state index in [0.717, 1.165) is 5.56 Å². The molecule has 0 aliphatic carbocycles. The smallest absolute Gasteiger partial charge is 0.345 e. The molecule has 2 rings (SSSR count). The van der Waals surface area contributed by atoms with Crippen LogP contribution < -0.4 is 10.7 Å². The number of hydrazone groups is 1. The van der Waals surface area contributed by atoms with Gasteiger partial charge in [-0.25, -0.2) is 14.6 Å². The van der Waals surface area contributed by atoms with Crippen LogP contribution in [-0.4, -0.2) is 28.6 Å². The number of carboxylic acid groups (broad SMARTS) is 1. The molecule has 0 aliphatic rings. The number of nitrogens with one attached hydrogen (secondary N) is 2. The number of hydrogen-bond acceptors (Lipinski definition) is 2. The minimum absolute atomic E-state index is 0.0240. The summed E-state index contributed by atoms with van der Waals surface area (Å²) in [6, 6.07) is 15.7. The molecule has 0 radical (unpaired) electrons. The van der Waals surface area contributed by atoms with E-state index < -0.39 is 5.97 Å². The molecule has 0 saturated heterocycles. The summed E-state index contributed by atoms with van der Waals surface area (Å²) in [7, 11) is 0. The summed E-state index contributed by atoms with van der Waals surface area (Å²) >= 11 is 0. The van der Waals surface area contributed by atoms with Crippen molar-refractivity contribution in [1.29, 1.82) is 0 Å². The minimum atomic E-state index is -0.962. The lowest BCUT2D eigenvalue weighted by Gasteiger charge is -2.16. The summed E-state index contributed by atoms with van der Waals surface area (Å²) in [5.74, 6) is -1.29. The van der Waals surface area contributed by atoms with Gasteiger partial charge in [-0.15, -0.1) is 4.68 Å². The van der Waals surface area contributed by atoms with Gasteiger partial charge in [0.25, 0.3) is 6.34 Å². The molecule has 0 aliphatic heterocycles. The van der Waals surface area contributed by atoms with Gasteiger partial charge in [0, 0.05) is 0 Å². The van der Waals surface area contributed by atoms with Crippen molar-refractivity contribution in [3.63, 3.8) is 0 Å². The molecule has 0 aromatic heterocycles. The first-order valence-corrected chi connectivity index (χ1v) is 7.20. The third kappa shape index (κ3) is 5.10. The van der Waals surface area contributed by atoms with Gasteiger partial charge in [-0.3, -0.25) is 5.32 Å². The third-order valence-electron chi connectivity index (χ3n) is 3.21. The molecule has 2 aromatic rings. The number of halogens is 1. The molecule has 0 saturated carbocycles. The molecule has 0 fully saturated rings. The number of nitrogens with zero attached hydrogens (tertiary/aromatic N) is 1. The number of benzene rings is 2. The molecule has 6 heteroatoms.